The minimum Gasteiger partial charge on any atom is -0.484 e. The number of aromatic nitrogens is 4. The Morgan fingerprint density at radius 3 is 2.61 bits per heavy atom. The smallest absolute Gasteiger partial charge is 0.260 e. The molecule has 10 nitrogen and oxygen atoms in total. The number of rotatable bonds is 6. The maximum atomic E-state index is 12.6. The maximum Gasteiger partial charge on any atom is 0.260 e. The first-order chi connectivity index (χ1) is 15.1. The maximum absolute atomic E-state index is 12.6. The molecule has 0 saturated carbocycles. The SMILES string of the molecule is Cc1nnnn1-c1cccc(NC(=O)c2ccc(OCC(=O)N3CCOCC3)cc2)c1. The zero-order chi connectivity index (χ0) is 21.6. The summed E-state index contributed by atoms with van der Waals surface area (Å²) in [6.07, 6.45) is 0. The zero-order valence-electron chi connectivity index (χ0n) is 17.0. The summed E-state index contributed by atoms with van der Waals surface area (Å²) in [7, 11) is 0. The summed E-state index contributed by atoms with van der Waals surface area (Å²) in [5.41, 5.74) is 1.83. The van der Waals surface area contributed by atoms with Crippen LogP contribution in [0.5, 0.6) is 5.75 Å². The van der Waals surface area contributed by atoms with E-state index in [0.29, 0.717) is 49.1 Å². The van der Waals surface area contributed by atoms with Gasteiger partial charge in [-0.3, -0.25) is 9.59 Å². The van der Waals surface area contributed by atoms with Crippen molar-refractivity contribution in [1.82, 2.24) is 25.1 Å². The first-order valence-electron chi connectivity index (χ1n) is 9.85. The van der Waals surface area contributed by atoms with E-state index in [1.165, 1.54) is 0 Å². The molecular weight excluding hydrogens is 400 g/mol. The minimum absolute atomic E-state index is 0.0467. The van der Waals surface area contributed by atoms with Crippen LogP contribution in [0.3, 0.4) is 0 Å². The van der Waals surface area contributed by atoms with Crippen LogP contribution in [0.1, 0.15) is 16.2 Å². The van der Waals surface area contributed by atoms with Gasteiger partial charge in [-0.25, -0.2) is 0 Å². The van der Waals surface area contributed by atoms with Gasteiger partial charge < -0.3 is 19.7 Å². The normalized spacial score (nSPS) is 13.6. The van der Waals surface area contributed by atoms with Crippen molar-refractivity contribution < 1.29 is 19.1 Å². The van der Waals surface area contributed by atoms with E-state index in [4.69, 9.17) is 9.47 Å². The minimum atomic E-state index is -0.262. The average Bonchev–Trinajstić information content (AvgIpc) is 3.24. The van der Waals surface area contributed by atoms with Gasteiger partial charge in [0.1, 0.15) is 5.75 Å². The number of nitrogens with zero attached hydrogens (tertiary/aromatic N) is 5. The quantitative estimate of drug-likeness (QED) is 0.640. The number of tetrazole rings is 1. The molecule has 2 amide bonds. The highest BCUT2D eigenvalue weighted by atomic mass is 16.5. The fourth-order valence-electron chi connectivity index (χ4n) is 3.14. The largest absolute Gasteiger partial charge is 0.484 e. The molecule has 2 aromatic carbocycles. The fourth-order valence-corrected chi connectivity index (χ4v) is 3.14. The Balaban J connectivity index is 1.34. The van der Waals surface area contributed by atoms with Crippen molar-refractivity contribution in [3.8, 4) is 11.4 Å². The number of morpholine rings is 1. The van der Waals surface area contributed by atoms with E-state index < -0.39 is 0 Å². The highest BCUT2D eigenvalue weighted by molar-refractivity contribution is 6.04. The zero-order valence-corrected chi connectivity index (χ0v) is 17.0. The molecule has 0 atom stereocenters. The van der Waals surface area contributed by atoms with Gasteiger partial charge in [0.15, 0.2) is 12.4 Å². The Labute approximate surface area is 178 Å². The van der Waals surface area contributed by atoms with E-state index in [-0.39, 0.29) is 18.4 Å². The summed E-state index contributed by atoms with van der Waals surface area (Å²) in [5.74, 6) is 0.824. The fraction of sp³-hybridized carbons (Fsp3) is 0.286. The van der Waals surface area contributed by atoms with Crippen molar-refractivity contribution in [2.75, 3.05) is 38.2 Å². The third kappa shape index (κ3) is 5.04. The van der Waals surface area contributed by atoms with Crippen LogP contribution in [-0.4, -0.2) is 69.8 Å². The van der Waals surface area contributed by atoms with Crippen LogP contribution in [0, 0.1) is 6.92 Å². The molecule has 31 heavy (non-hydrogen) atoms. The highest BCUT2D eigenvalue weighted by Crippen LogP contribution is 2.17. The molecule has 4 rings (SSSR count). The third-order valence-corrected chi connectivity index (χ3v) is 4.82. The molecule has 2 heterocycles. The van der Waals surface area contributed by atoms with Gasteiger partial charge in [-0.15, -0.1) is 5.10 Å². The molecule has 3 aromatic rings. The molecule has 1 aromatic heterocycles. The molecule has 0 unspecified atom stereocenters. The van der Waals surface area contributed by atoms with Gasteiger partial charge in [-0.05, 0) is 59.8 Å². The number of ether oxygens (including phenoxy) is 2. The van der Waals surface area contributed by atoms with E-state index in [0.717, 1.165) is 5.69 Å². The summed E-state index contributed by atoms with van der Waals surface area (Å²) in [4.78, 5) is 26.5. The molecule has 1 aliphatic rings. The number of hydrogen-bond acceptors (Lipinski definition) is 7. The van der Waals surface area contributed by atoms with E-state index >= 15 is 0 Å². The predicted molar refractivity (Wildman–Crippen MR) is 111 cm³/mol. The highest BCUT2D eigenvalue weighted by Gasteiger charge is 2.17. The van der Waals surface area contributed by atoms with Crippen molar-refractivity contribution >= 4 is 17.5 Å². The Hall–Kier alpha value is -3.79. The monoisotopic (exact) mass is 422 g/mol. The number of hydrogen-bond donors (Lipinski definition) is 1. The van der Waals surface area contributed by atoms with Gasteiger partial charge in [0.2, 0.25) is 0 Å². The number of amides is 2. The van der Waals surface area contributed by atoms with Gasteiger partial charge in [0.05, 0.1) is 18.9 Å². The summed E-state index contributed by atoms with van der Waals surface area (Å²) in [6, 6.07) is 13.9. The summed E-state index contributed by atoms with van der Waals surface area (Å²) in [5, 5.41) is 14.3. The molecule has 0 aliphatic carbocycles. The number of anilines is 1. The van der Waals surface area contributed by atoms with E-state index in [2.05, 4.69) is 20.8 Å². The van der Waals surface area contributed by atoms with Crippen LogP contribution in [0.15, 0.2) is 48.5 Å². The summed E-state index contributed by atoms with van der Waals surface area (Å²) in [6.45, 7) is 4.00. The Kier molecular flexibility index (Phi) is 6.18. The number of benzene rings is 2. The topological polar surface area (TPSA) is 111 Å². The lowest BCUT2D eigenvalue weighted by Gasteiger charge is -2.26. The lowest BCUT2D eigenvalue weighted by Crippen LogP contribution is -2.42. The Morgan fingerprint density at radius 2 is 1.90 bits per heavy atom. The van der Waals surface area contributed by atoms with Crippen molar-refractivity contribution in [3.05, 3.63) is 59.9 Å². The van der Waals surface area contributed by atoms with Gasteiger partial charge in [0.25, 0.3) is 11.8 Å². The lowest BCUT2D eigenvalue weighted by atomic mass is 10.2. The predicted octanol–water partition coefficient (Wildman–Crippen LogP) is 1.46. The molecule has 0 radical (unpaired) electrons. The first-order valence-corrected chi connectivity index (χ1v) is 9.85. The second-order valence-electron chi connectivity index (χ2n) is 6.95. The molecule has 0 bridgehead atoms. The van der Waals surface area contributed by atoms with Crippen molar-refractivity contribution in [3.63, 3.8) is 0 Å². The van der Waals surface area contributed by atoms with Gasteiger partial charge in [-0.2, -0.15) is 4.68 Å². The number of carbonyl (C=O) groups excluding carboxylic acids is 2. The molecule has 1 aliphatic heterocycles. The molecule has 10 heteroatoms. The van der Waals surface area contributed by atoms with E-state index in [1.54, 1.807) is 52.9 Å². The number of nitrogens with one attached hydrogen (secondary N) is 1. The Bertz CT molecular complexity index is 1060. The first kappa shape index (κ1) is 20.5. The van der Waals surface area contributed by atoms with E-state index in [1.807, 2.05) is 12.1 Å². The standard InChI is InChI=1S/C21H22N6O4/c1-15-23-24-25-27(15)18-4-2-3-17(13-18)22-21(29)16-5-7-19(8-6-16)31-14-20(28)26-9-11-30-12-10-26/h2-8,13H,9-12,14H2,1H3,(H,22,29). The van der Waals surface area contributed by atoms with Crippen molar-refractivity contribution in [2.24, 2.45) is 0 Å². The molecule has 160 valence electrons. The second kappa shape index (κ2) is 9.35. The molecular formula is C21H22N6O4. The number of aryl methyl sites for hydroxylation is 1. The van der Waals surface area contributed by atoms with Gasteiger partial charge in [0, 0.05) is 24.3 Å². The van der Waals surface area contributed by atoms with Gasteiger partial charge in [-0.1, -0.05) is 6.07 Å². The second-order valence-corrected chi connectivity index (χ2v) is 6.95. The van der Waals surface area contributed by atoms with Crippen LogP contribution in [-0.2, 0) is 9.53 Å². The summed E-state index contributed by atoms with van der Waals surface area (Å²) >= 11 is 0. The van der Waals surface area contributed by atoms with Crippen molar-refractivity contribution in [2.45, 2.75) is 6.92 Å². The third-order valence-electron chi connectivity index (χ3n) is 4.82. The van der Waals surface area contributed by atoms with Crippen LogP contribution >= 0.6 is 0 Å². The lowest BCUT2D eigenvalue weighted by molar-refractivity contribution is -0.137. The Morgan fingerprint density at radius 1 is 1.13 bits per heavy atom. The molecule has 1 N–H and O–H groups in total. The van der Waals surface area contributed by atoms with Crippen LogP contribution < -0.4 is 10.1 Å². The molecule has 1 saturated heterocycles. The molecule has 1 fully saturated rings. The number of carbonyl (C=O) groups is 2. The van der Waals surface area contributed by atoms with Crippen LogP contribution in [0.4, 0.5) is 5.69 Å². The van der Waals surface area contributed by atoms with Crippen LogP contribution in [0.25, 0.3) is 5.69 Å². The van der Waals surface area contributed by atoms with Gasteiger partial charge >= 0.3 is 0 Å². The van der Waals surface area contributed by atoms with E-state index in [9.17, 15) is 9.59 Å². The average molecular weight is 422 g/mol. The summed E-state index contributed by atoms with van der Waals surface area (Å²) < 4.78 is 12.4. The molecule has 0 spiro atoms. The van der Waals surface area contributed by atoms with Crippen LogP contribution in [0.2, 0.25) is 0 Å². The van der Waals surface area contributed by atoms with Crippen molar-refractivity contribution in [1.29, 1.82) is 0 Å².